The van der Waals surface area contributed by atoms with E-state index in [4.69, 9.17) is 9.84 Å². The fourth-order valence-electron chi connectivity index (χ4n) is 5.06. The van der Waals surface area contributed by atoms with E-state index in [9.17, 15) is 31.9 Å². The summed E-state index contributed by atoms with van der Waals surface area (Å²) in [4.78, 5) is 13.7. The van der Waals surface area contributed by atoms with Crippen molar-refractivity contribution >= 4 is 38.7 Å². The molecule has 2 heterocycles. The Hall–Kier alpha value is -3.71. The average molecular weight is 659 g/mol. The van der Waals surface area contributed by atoms with Gasteiger partial charge in [-0.3, -0.25) is 9.69 Å². The van der Waals surface area contributed by atoms with Crippen LogP contribution in [0.4, 0.5) is 37.7 Å². The van der Waals surface area contributed by atoms with E-state index in [2.05, 4.69) is 27.8 Å². The summed E-state index contributed by atoms with van der Waals surface area (Å²) in [5.41, 5.74) is 0.0475. The van der Waals surface area contributed by atoms with Gasteiger partial charge in [0.2, 0.25) is 6.86 Å². The van der Waals surface area contributed by atoms with Crippen LogP contribution in [0.5, 0.6) is 5.75 Å². The summed E-state index contributed by atoms with van der Waals surface area (Å²) < 4.78 is 88.7. The van der Waals surface area contributed by atoms with Crippen LogP contribution >= 0.6 is 11.3 Å². The lowest BCUT2D eigenvalue weighted by Crippen LogP contribution is -2.50. The van der Waals surface area contributed by atoms with Gasteiger partial charge in [-0.15, -0.1) is 11.3 Å². The van der Waals surface area contributed by atoms with Gasteiger partial charge in [0.25, 0.3) is 5.91 Å². The summed E-state index contributed by atoms with van der Waals surface area (Å²) >= 11 is 1.02. The summed E-state index contributed by atoms with van der Waals surface area (Å²) in [6.07, 6.45) is -7.73. The van der Waals surface area contributed by atoms with Crippen LogP contribution < -0.4 is 20.7 Å². The van der Waals surface area contributed by atoms with E-state index in [1.165, 1.54) is 7.05 Å². The Bertz CT molecular complexity index is 1560. The van der Waals surface area contributed by atoms with Crippen LogP contribution in [0.3, 0.4) is 0 Å². The van der Waals surface area contributed by atoms with Crippen LogP contribution in [0, 0.1) is 17.7 Å². The number of anilines is 2. The quantitative estimate of drug-likeness (QED) is 0.153. The van der Waals surface area contributed by atoms with Gasteiger partial charge >= 0.3 is 6.18 Å². The molecule has 8 nitrogen and oxygen atoms in total. The number of amides is 1. The topological polar surface area (TPSA) is 106 Å². The second-order valence-electron chi connectivity index (χ2n) is 10.4. The number of carbonyl (C=O) groups excluding carboxylic acids is 1. The van der Waals surface area contributed by atoms with Gasteiger partial charge in [-0.25, -0.2) is 13.2 Å². The Kier molecular flexibility index (Phi) is 11.4. The van der Waals surface area contributed by atoms with Gasteiger partial charge in [0.05, 0.1) is 58.2 Å². The number of hydrogen-bond acceptors (Lipinski definition) is 8. The van der Waals surface area contributed by atoms with E-state index in [-0.39, 0.29) is 47.1 Å². The largest absolute Gasteiger partial charge is 0.461 e. The van der Waals surface area contributed by atoms with Crippen LogP contribution in [0.1, 0.15) is 27.2 Å². The highest BCUT2D eigenvalue weighted by Gasteiger charge is 2.33. The standard InChI is InChI=1S/C30H32F6N4O4S/c1-37-29(43)19-10-26(44-16-31)25(11-21(19)32)38-8-3-6-27-20(12-30(34,35)36)18-4-2-5-24(28(18)45-27)39-23-7-9-40(14-22(23)33)13-17(42)15-41/h2,4-5,10-11,17,22-23,38-39,41-42H,7-9,12-16H2,1H3,(H,37,43). The number of likely N-dealkylation sites (tertiary alicyclic amines) is 1. The van der Waals surface area contributed by atoms with Gasteiger partial charge in [0, 0.05) is 32.7 Å². The van der Waals surface area contributed by atoms with E-state index in [0.29, 0.717) is 28.7 Å². The average Bonchev–Trinajstić information content (AvgIpc) is 3.33. The fourth-order valence-corrected chi connectivity index (χ4v) is 6.23. The first kappa shape index (κ1) is 34.2. The van der Waals surface area contributed by atoms with Gasteiger partial charge in [-0.2, -0.15) is 13.2 Å². The minimum atomic E-state index is -4.54. The number of halogens is 6. The predicted octanol–water partition coefficient (Wildman–Crippen LogP) is 4.45. The van der Waals surface area contributed by atoms with Crippen molar-refractivity contribution in [2.45, 2.75) is 37.3 Å². The number of rotatable bonds is 11. The van der Waals surface area contributed by atoms with Gasteiger partial charge in [0.15, 0.2) is 0 Å². The number of hydrogen-bond donors (Lipinski definition) is 5. The molecular weight excluding hydrogens is 626 g/mol. The number of piperidine rings is 1. The molecule has 1 saturated heterocycles. The number of aliphatic hydroxyl groups excluding tert-OH is 2. The molecule has 244 valence electrons. The fraction of sp³-hybridized carbons (Fsp3) is 0.433. The predicted molar refractivity (Wildman–Crippen MR) is 160 cm³/mol. The van der Waals surface area contributed by atoms with Crippen molar-refractivity contribution in [1.82, 2.24) is 10.2 Å². The Morgan fingerprint density at radius 2 is 2.04 bits per heavy atom. The first-order valence-electron chi connectivity index (χ1n) is 13.9. The number of carbonyl (C=O) groups is 1. The Morgan fingerprint density at radius 3 is 2.71 bits per heavy atom. The van der Waals surface area contributed by atoms with Crippen molar-refractivity contribution in [3.8, 4) is 17.6 Å². The molecule has 15 heteroatoms. The molecule has 45 heavy (non-hydrogen) atoms. The smallest absolute Gasteiger partial charge is 0.393 e. The zero-order valence-corrected chi connectivity index (χ0v) is 24.9. The molecule has 1 fully saturated rings. The summed E-state index contributed by atoms with van der Waals surface area (Å²) in [6, 6.07) is 6.12. The highest BCUT2D eigenvalue weighted by molar-refractivity contribution is 7.20. The number of nitrogens with zero attached hydrogens (tertiary/aromatic N) is 1. The van der Waals surface area contributed by atoms with E-state index >= 15 is 4.39 Å². The lowest BCUT2D eigenvalue weighted by Gasteiger charge is -2.36. The molecule has 5 N–H and O–H groups in total. The van der Waals surface area contributed by atoms with Crippen LogP contribution in [-0.4, -0.2) is 92.2 Å². The van der Waals surface area contributed by atoms with Crippen LogP contribution in [0.2, 0.25) is 0 Å². The van der Waals surface area contributed by atoms with E-state index in [1.807, 2.05) is 0 Å². The number of fused-ring (bicyclic) bond motifs is 1. The number of thiophene rings is 1. The molecular formula is C30H32F6N4O4S. The van der Waals surface area contributed by atoms with Crippen molar-refractivity contribution in [2.75, 3.05) is 57.3 Å². The van der Waals surface area contributed by atoms with Crippen LogP contribution in [-0.2, 0) is 6.42 Å². The number of nitrogens with one attached hydrogen (secondary N) is 3. The molecule has 1 aliphatic heterocycles. The molecule has 2 aromatic carbocycles. The molecule has 0 spiro atoms. The minimum absolute atomic E-state index is 0.0110. The number of alkyl halides is 5. The maximum atomic E-state index is 15.1. The third-order valence-corrected chi connectivity index (χ3v) is 8.36. The molecule has 1 amide bonds. The van der Waals surface area contributed by atoms with Gasteiger partial charge in [-0.1, -0.05) is 24.0 Å². The molecule has 0 saturated carbocycles. The Balaban J connectivity index is 1.57. The zero-order chi connectivity index (χ0) is 32.7. The monoisotopic (exact) mass is 658 g/mol. The Labute approximate surface area is 259 Å². The van der Waals surface area contributed by atoms with Crippen LogP contribution in [0.25, 0.3) is 10.1 Å². The number of benzene rings is 2. The number of β-amino-alcohol motifs (C(OH)–C–C–N with tert-alkyl or cyclic N) is 1. The van der Waals surface area contributed by atoms with Crippen molar-refractivity contribution in [3.63, 3.8) is 0 Å². The second-order valence-corrected chi connectivity index (χ2v) is 11.4. The van der Waals surface area contributed by atoms with Gasteiger partial charge in [0.1, 0.15) is 17.7 Å². The van der Waals surface area contributed by atoms with Gasteiger partial charge < -0.3 is 30.9 Å². The SMILES string of the molecule is CNC(=O)c1cc(OCF)c(NCC#Cc2sc3c(NC4CCN(CC(O)CO)CC4F)cccc3c2CC(F)(F)F)cc1F. The van der Waals surface area contributed by atoms with Crippen LogP contribution in [0.15, 0.2) is 30.3 Å². The summed E-state index contributed by atoms with van der Waals surface area (Å²) in [5.74, 6) is 3.66. The molecule has 0 aliphatic carbocycles. The van der Waals surface area contributed by atoms with E-state index in [1.54, 1.807) is 23.1 Å². The molecule has 4 rings (SSSR count). The lowest BCUT2D eigenvalue weighted by molar-refractivity contribution is -0.126. The molecule has 3 unspecified atom stereocenters. The first-order chi connectivity index (χ1) is 21.4. The lowest BCUT2D eigenvalue weighted by atomic mass is 10.0. The van der Waals surface area contributed by atoms with E-state index in [0.717, 1.165) is 23.5 Å². The Morgan fingerprint density at radius 1 is 1.27 bits per heavy atom. The zero-order valence-electron chi connectivity index (χ0n) is 24.1. The third kappa shape index (κ3) is 8.72. The molecule has 0 radical (unpaired) electrons. The van der Waals surface area contributed by atoms with Crippen molar-refractivity contribution in [3.05, 3.63) is 52.2 Å². The summed E-state index contributed by atoms with van der Waals surface area (Å²) in [5, 5.41) is 27.2. The van der Waals surface area contributed by atoms with Crippen molar-refractivity contribution < 1.29 is 46.1 Å². The molecule has 1 aromatic heterocycles. The molecule has 3 atom stereocenters. The van der Waals surface area contributed by atoms with Gasteiger partial charge in [-0.05, 0) is 29.5 Å². The number of aliphatic hydroxyl groups is 2. The molecule has 0 bridgehead atoms. The maximum absolute atomic E-state index is 15.1. The molecule has 3 aromatic rings. The van der Waals surface area contributed by atoms with Crippen molar-refractivity contribution in [1.29, 1.82) is 0 Å². The second kappa shape index (κ2) is 15.0. The minimum Gasteiger partial charge on any atom is -0.461 e. The van der Waals surface area contributed by atoms with Crippen molar-refractivity contribution in [2.24, 2.45) is 0 Å². The number of ether oxygens (including phenoxy) is 1. The highest BCUT2D eigenvalue weighted by Crippen LogP contribution is 2.39. The third-order valence-electron chi connectivity index (χ3n) is 7.16. The molecule has 1 aliphatic rings. The summed E-state index contributed by atoms with van der Waals surface area (Å²) in [7, 11) is 1.30. The summed E-state index contributed by atoms with van der Waals surface area (Å²) in [6.45, 7) is -1.27. The van der Waals surface area contributed by atoms with E-state index < -0.39 is 56.1 Å². The normalized spacial score (nSPS) is 17.8. The first-order valence-corrected chi connectivity index (χ1v) is 14.8. The maximum Gasteiger partial charge on any atom is 0.393 e. The highest BCUT2D eigenvalue weighted by atomic mass is 32.1.